The van der Waals surface area contributed by atoms with Crippen LogP contribution in [-0.2, 0) is 9.59 Å². The van der Waals surface area contributed by atoms with E-state index in [1.165, 1.54) is 31.2 Å². The van der Waals surface area contributed by atoms with Gasteiger partial charge in [0, 0.05) is 12.1 Å². The van der Waals surface area contributed by atoms with Gasteiger partial charge in [-0.3, -0.25) is 19.7 Å². The van der Waals surface area contributed by atoms with E-state index in [-0.39, 0.29) is 16.8 Å². The Morgan fingerprint density at radius 2 is 2.14 bits per heavy atom. The molecule has 0 bridgehead atoms. The van der Waals surface area contributed by atoms with Crippen molar-refractivity contribution in [1.29, 1.82) is 0 Å². The monoisotopic (exact) mass is 292 g/mol. The third-order valence-electron chi connectivity index (χ3n) is 3.23. The van der Waals surface area contributed by atoms with Crippen LogP contribution in [-0.4, -0.2) is 38.5 Å². The maximum atomic E-state index is 11.8. The van der Waals surface area contributed by atoms with E-state index in [0.717, 1.165) is 4.90 Å². The minimum Gasteiger partial charge on any atom is -0.503 e. The molecule has 8 nitrogen and oxygen atoms in total. The topological polar surface area (TPSA) is 121 Å². The first-order chi connectivity index (χ1) is 9.88. The van der Waals surface area contributed by atoms with Crippen molar-refractivity contribution >= 4 is 17.4 Å². The van der Waals surface area contributed by atoms with E-state index < -0.39 is 35.1 Å². The van der Waals surface area contributed by atoms with Gasteiger partial charge in [0.05, 0.1) is 16.5 Å². The van der Waals surface area contributed by atoms with Gasteiger partial charge in [-0.25, -0.2) is 0 Å². The third kappa shape index (κ3) is 2.36. The Morgan fingerprint density at radius 1 is 1.48 bits per heavy atom. The predicted octanol–water partition coefficient (Wildman–Crippen LogP) is 0.829. The van der Waals surface area contributed by atoms with Gasteiger partial charge in [0.25, 0.3) is 11.6 Å². The van der Waals surface area contributed by atoms with E-state index in [1.54, 1.807) is 0 Å². The summed E-state index contributed by atoms with van der Waals surface area (Å²) in [5.74, 6) is -2.18. The van der Waals surface area contributed by atoms with Gasteiger partial charge in [0.1, 0.15) is 6.73 Å². The Labute approximate surface area is 119 Å². The van der Waals surface area contributed by atoms with Gasteiger partial charge in [0.2, 0.25) is 0 Å². The molecule has 0 fully saturated rings. The normalized spacial score (nSPS) is 18.3. The molecule has 0 radical (unpaired) electrons. The number of rotatable bonds is 4. The van der Waals surface area contributed by atoms with Crippen LogP contribution < -0.4 is 0 Å². The van der Waals surface area contributed by atoms with E-state index in [1.807, 2.05) is 0 Å². The second-order valence-electron chi connectivity index (χ2n) is 4.49. The molecule has 0 spiro atoms. The van der Waals surface area contributed by atoms with Crippen LogP contribution in [0.3, 0.4) is 0 Å². The standard InChI is InChI=1S/C13H12N2O6/c1-7(17)10-11(14(6-16)13(19)12(10)18)8-3-2-4-9(5-8)15(20)21/h2-5,11,16,18H,6H2,1H3/t11-/m0/s1. The summed E-state index contributed by atoms with van der Waals surface area (Å²) in [6.45, 7) is 0.442. The molecular formula is C13H12N2O6. The molecule has 0 aromatic heterocycles. The smallest absolute Gasteiger partial charge is 0.291 e. The largest absolute Gasteiger partial charge is 0.503 e. The highest BCUT2D eigenvalue weighted by molar-refractivity contribution is 6.08. The van der Waals surface area contributed by atoms with Crippen molar-refractivity contribution in [2.24, 2.45) is 0 Å². The van der Waals surface area contributed by atoms with Gasteiger partial charge in [0.15, 0.2) is 11.5 Å². The van der Waals surface area contributed by atoms with Crippen LogP contribution in [0.25, 0.3) is 0 Å². The summed E-state index contributed by atoms with van der Waals surface area (Å²) >= 11 is 0. The maximum absolute atomic E-state index is 11.8. The van der Waals surface area contributed by atoms with Gasteiger partial charge in [-0.05, 0) is 12.5 Å². The number of carbonyl (C=O) groups is 2. The SMILES string of the molecule is CC(=O)C1=C(O)C(=O)N(CO)[C@H]1c1cccc([N+](=O)[O-])c1. The van der Waals surface area contributed by atoms with Crippen molar-refractivity contribution in [1.82, 2.24) is 4.90 Å². The van der Waals surface area contributed by atoms with E-state index in [4.69, 9.17) is 0 Å². The number of aliphatic hydroxyl groups excluding tert-OH is 2. The first kappa shape index (κ1) is 14.7. The Morgan fingerprint density at radius 3 is 2.67 bits per heavy atom. The number of carbonyl (C=O) groups excluding carboxylic acids is 2. The Balaban J connectivity index is 2.58. The lowest BCUT2D eigenvalue weighted by Gasteiger charge is -2.24. The summed E-state index contributed by atoms with van der Waals surface area (Å²) in [6.07, 6.45) is 0. The molecule has 8 heteroatoms. The molecule has 0 saturated carbocycles. The minimum absolute atomic E-state index is 0.186. The van der Waals surface area contributed by atoms with Crippen molar-refractivity contribution in [2.75, 3.05) is 6.73 Å². The fourth-order valence-corrected chi connectivity index (χ4v) is 2.31. The lowest BCUT2D eigenvalue weighted by atomic mass is 9.96. The number of Topliss-reactive ketones (excluding diaryl/α,β-unsaturated/α-hetero) is 1. The minimum atomic E-state index is -1.04. The zero-order valence-corrected chi connectivity index (χ0v) is 11.0. The van der Waals surface area contributed by atoms with Gasteiger partial charge in [-0.2, -0.15) is 0 Å². The first-order valence-electron chi connectivity index (χ1n) is 5.98. The van der Waals surface area contributed by atoms with Crippen LogP contribution >= 0.6 is 0 Å². The number of non-ortho nitro benzene ring substituents is 1. The number of aliphatic hydroxyl groups is 2. The van der Waals surface area contributed by atoms with Crippen molar-refractivity contribution < 1.29 is 24.7 Å². The number of hydrogen-bond donors (Lipinski definition) is 2. The van der Waals surface area contributed by atoms with Crippen LogP contribution in [0.4, 0.5) is 5.69 Å². The van der Waals surface area contributed by atoms with E-state index in [9.17, 15) is 29.9 Å². The Hall–Kier alpha value is -2.74. The quantitative estimate of drug-likeness (QED) is 0.626. The molecule has 0 saturated heterocycles. The molecular weight excluding hydrogens is 280 g/mol. The van der Waals surface area contributed by atoms with Gasteiger partial charge >= 0.3 is 0 Å². The molecule has 1 amide bonds. The van der Waals surface area contributed by atoms with Gasteiger partial charge < -0.3 is 15.1 Å². The van der Waals surface area contributed by atoms with Gasteiger partial charge in [-0.15, -0.1) is 0 Å². The second kappa shape index (κ2) is 5.33. The third-order valence-corrected chi connectivity index (χ3v) is 3.23. The summed E-state index contributed by atoms with van der Waals surface area (Å²) in [6, 6.07) is 4.30. The van der Waals surface area contributed by atoms with Crippen molar-refractivity contribution in [3.8, 4) is 0 Å². The lowest BCUT2D eigenvalue weighted by molar-refractivity contribution is -0.384. The summed E-state index contributed by atoms with van der Waals surface area (Å²) in [5, 5.41) is 29.9. The molecule has 110 valence electrons. The number of nitro benzene ring substituents is 1. The van der Waals surface area contributed by atoms with Crippen LogP contribution in [0.1, 0.15) is 18.5 Å². The highest BCUT2D eigenvalue weighted by Crippen LogP contribution is 2.37. The fourth-order valence-electron chi connectivity index (χ4n) is 2.31. The highest BCUT2D eigenvalue weighted by Gasteiger charge is 2.42. The van der Waals surface area contributed by atoms with Crippen LogP contribution in [0.5, 0.6) is 0 Å². The van der Waals surface area contributed by atoms with Crippen LogP contribution in [0, 0.1) is 10.1 Å². The molecule has 1 atom stereocenters. The number of ketones is 1. The summed E-state index contributed by atoms with van der Waals surface area (Å²) in [5.41, 5.74) is -0.137. The van der Waals surface area contributed by atoms with Crippen molar-refractivity contribution in [3.05, 3.63) is 51.3 Å². The van der Waals surface area contributed by atoms with E-state index in [2.05, 4.69) is 0 Å². The molecule has 1 aliphatic heterocycles. The molecule has 0 unspecified atom stereocenters. The molecule has 1 aromatic rings. The van der Waals surface area contributed by atoms with E-state index >= 15 is 0 Å². The summed E-state index contributed by atoms with van der Waals surface area (Å²) in [4.78, 5) is 34.5. The van der Waals surface area contributed by atoms with Crippen LogP contribution in [0.2, 0.25) is 0 Å². The first-order valence-corrected chi connectivity index (χ1v) is 5.98. The molecule has 1 aromatic carbocycles. The molecule has 0 aliphatic carbocycles. The molecule has 2 rings (SSSR count). The number of benzene rings is 1. The lowest BCUT2D eigenvalue weighted by Crippen LogP contribution is -2.31. The predicted molar refractivity (Wildman–Crippen MR) is 70.1 cm³/mol. The Bertz CT molecular complexity index is 666. The average Bonchev–Trinajstić information content (AvgIpc) is 2.71. The zero-order chi connectivity index (χ0) is 15.7. The number of nitrogens with zero attached hydrogens (tertiary/aromatic N) is 2. The van der Waals surface area contributed by atoms with Gasteiger partial charge in [-0.1, -0.05) is 12.1 Å². The fraction of sp³-hybridized carbons (Fsp3) is 0.231. The number of hydrogen-bond acceptors (Lipinski definition) is 6. The number of amides is 1. The summed E-state index contributed by atoms with van der Waals surface area (Å²) < 4.78 is 0. The molecule has 1 heterocycles. The second-order valence-corrected chi connectivity index (χ2v) is 4.49. The van der Waals surface area contributed by atoms with Crippen LogP contribution in [0.15, 0.2) is 35.6 Å². The summed E-state index contributed by atoms with van der Waals surface area (Å²) in [7, 11) is 0. The molecule has 2 N–H and O–H groups in total. The zero-order valence-electron chi connectivity index (χ0n) is 11.0. The molecule has 1 aliphatic rings. The maximum Gasteiger partial charge on any atom is 0.291 e. The van der Waals surface area contributed by atoms with Crippen molar-refractivity contribution in [2.45, 2.75) is 13.0 Å². The van der Waals surface area contributed by atoms with E-state index in [0.29, 0.717) is 0 Å². The average molecular weight is 292 g/mol. The molecule has 21 heavy (non-hydrogen) atoms. The highest BCUT2D eigenvalue weighted by atomic mass is 16.6. The van der Waals surface area contributed by atoms with Crippen molar-refractivity contribution in [3.63, 3.8) is 0 Å². The number of nitro groups is 1. The Kier molecular flexibility index (Phi) is 3.72.